The number of nitrogens with zero attached hydrogens (tertiary/aromatic N) is 1. The third-order valence-corrected chi connectivity index (χ3v) is 5.80. The summed E-state index contributed by atoms with van der Waals surface area (Å²) >= 11 is 0. The first-order chi connectivity index (χ1) is 15.1. The van der Waals surface area contributed by atoms with Crippen LogP contribution in [0.4, 0.5) is 14.5 Å². The highest BCUT2D eigenvalue weighted by atomic mass is 19.1. The van der Waals surface area contributed by atoms with Gasteiger partial charge in [-0.15, -0.1) is 0 Å². The van der Waals surface area contributed by atoms with E-state index in [9.17, 15) is 18.4 Å². The Morgan fingerprint density at radius 2 is 1.69 bits per heavy atom. The lowest BCUT2D eigenvalue weighted by Gasteiger charge is -2.20. The number of anilines is 1. The number of aryl methyl sites for hydroxylation is 1. The summed E-state index contributed by atoms with van der Waals surface area (Å²) in [5.41, 5.74) is 3.40. The van der Waals surface area contributed by atoms with Crippen LogP contribution in [0.3, 0.4) is 0 Å². The summed E-state index contributed by atoms with van der Waals surface area (Å²) in [4.78, 5) is 27.4. The van der Waals surface area contributed by atoms with Gasteiger partial charge in [-0.1, -0.05) is 35.9 Å². The van der Waals surface area contributed by atoms with Crippen molar-refractivity contribution in [2.24, 2.45) is 0 Å². The molecule has 32 heavy (non-hydrogen) atoms. The van der Waals surface area contributed by atoms with E-state index in [2.05, 4.69) is 5.32 Å². The number of benzene rings is 3. The number of hydrogen-bond donors (Lipinski definition) is 1. The van der Waals surface area contributed by atoms with Crippen LogP contribution in [0.1, 0.15) is 46.5 Å². The molecule has 0 radical (unpaired) electrons. The maximum atomic E-state index is 13.7. The molecule has 0 aliphatic carbocycles. The zero-order valence-corrected chi connectivity index (χ0v) is 18.2. The summed E-state index contributed by atoms with van der Waals surface area (Å²) in [5, 5.41) is 2.90. The molecule has 3 aromatic rings. The Balaban J connectivity index is 1.61. The summed E-state index contributed by atoms with van der Waals surface area (Å²) < 4.78 is 27.3. The molecule has 0 spiro atoms. The van der Waals surface area contributed by atoms with Crippen LogP contribution in [-0.4, -0.2) is 11.8 Å². The van der Waals surface area contributed by atoms with Gasteiger partial charge in [-0.3, -0.25) is 9.59 Å². The summed E-state index contributed by atoms with van der Waals surface area (Å²) in [6.45, 7) is 5.99. The van der Waals surface area contributed by atoms with E-state index in [1.54, 1.807) is 32.0 Å². The van der Waals surface area contributed by atoms with Crippen molar-refractivity contribution in [3.8, 4) is 0 Å². The van der Waals surface area contributed by atoms with Gasteiger partial charge in [0.25, 0.3) is 5.91 Å². The van der Waals surface area contributed by atoms with E-state index in [0.29, 0.717) is 23.4 Å². The van der Waals surface area contributed by atoms with Gasteiger partial charge in [-0.2, -0.15) is 0 Å². The lowest BCUT2D eigenvalue weighted by atomic mass is 9.86. The van der Waals surface area contributed by atoms with Crippen molar-refractivity contribution in [2.45, 2.75) is 39.3 Å². The van der Waals surface area contributed by atoms with Gasteiger partial charge in [0.2, 0.25) is 5.91 Å². The fraction of sp³-hybridized carbons (Fsp3) is 0.231. The van der Waals surface area contributed by atoms with Crippen LogP contribution in [0.5, 0.6) is 0 Å². The van der Waals surface area contributed by atoms with Crippen LogP contribution in [0.25, 0.3) is 0 Å². The minimum absolute atomic E-state index is 0.0122. The maximum Gasteiger partial charge on any atom is 0.251 e. The van der Waals surface area contributed by atoms with E-state index in [1.807, 2.05) is 31.2 Å². The van der Waals surface area contributed by atoms with Crippen molar-refractivity contribution in [3.05, 3.63) is 100 Å². The van der Waals surface area contributed by atoms with Crippen LogP contribution in [0, 0.1) is 18.6 Å². The molecule has 4 nitrogen and oxygen atoms in total. The molecule has 1 aliphatic heterocycles. The first-order valence-corrected chi connectivity index (χ1v) is 10.4. The molecule has 0 saturated carbocycles. The predicted molar refractivity (Wildman–Crippen MR) is 119 cm³/mol. The van der Waals surface area contributed by atoms with Crippen LogP contribution in [-0.2, 0) is 23.3 Å². The van der Waals surface area contributed by atoms with E-state index >= 15 is 0 Å². The molecule has 1 aliphatic rings. The van der Waals surface area contributed by atoms with E-state index in [-0.39, 0.29) is 18.4 Å². The van der Waals surface area contributed by atoms with Crippen LogP contribution in [0.2, 0.25) is 0 Å². The molecular formula is C26H24F2N2O2. The minimum atomic E-state index is -0.808. The van der Waals surface area contributed by atoms with Gasteiger partial charge in [0.05, 0.1) is 12.0 Å². The Kier molecular flexibility index (Phi) is 5.55. The zero-order chi connectivity index (χ0) is 23.0. The van der Waals surface area contributed by atoms with Gasteiger partial charge in [0.15, 0.2) is 0 Å². The zero-order valence-electron chi connectivity index (χ0n) is 18.2. The Labute approximate surface area is 185 Å². The molecule has 0 atom stereocenters. The third-order valence-electron chi connectivity index (χ3n) is 5.80. The van der Waals surface area contributed by atoms with Crippen molar-refractivity contribution in [1.29, 1.82) is 0 Å². The van der Waals surface area contributed by atoms with Gasteiger partial charge in [-0.25, -0.2) is 8.78 Å². The van der Waals surface area contributed by atoms with Crippen LogP contribution < -0.4 is 10.2 Å². The average molecular weight is 434 g/mol. The lowest BCUT2D eigenvalue weighted by Crippen LogP contribution is -2.35. The van der Waals surface area contributed by atoms with Crippen molar-refractivity contribution in [2.75, 3.05) is 4.90 Å². The second-order valence-electron chi connectivity index (χ2n) is 8.70. The quantitative estimate of drug-likeness (QED) is 0.613. The fourth-order valence-corrected chi connectivity index (χ4v) is 4.14. The Morgan fingerprint density at radius 1 is 0.969 bits per heavy atom. The molecule has 1 heterocycles. The molecule has 6 heteroatoms. The normalized spacial score (nSPS) is 14.4. The lowest BCUT2D eigenvalue weighted by molar-refractivity contribution is -0.122. The summed E-state index contributed by atoms with van der Waals surface area (Å²) in [6.07, 6.45) is 0. The van der Waals surface area contributed by atoms with Gasteiger partial charge in [0.1, 0.15) is 11.6 Å². The number of hydrogen-bond acceptors (Lipinski definition) is 2. The predicted octanol–water partition coefficient (Wildman–Crippen LogP) is 5.03. The second-order valence-corrected chi connectivity index (χ2v) is 8.70. The van der Waals surface area contributed by atoms with Gasteiger partial charge in [-0.05, 0) is 61.7 Å². The van der Waals surface area contributed by atoms with Crippen molar-refractivity contribution < 1.29 is 18.4 Å². The Hall–Kier alpha value is -3.54. The summed E-state index contributed by atoms with van der Waals surface area (Å²) in [7, 11) is 0. The van der Waals surface area contributed by atoms with Gasteiger partial charge >= 0.3 is 0 Å². The summed E-state index contributed by atoms with van der Waals surface area (Å²) in [5.74, 6) is -1.84. The van der Waals surface area contributed by atoms with E-state index in [1.165, 1.54) is 17.0 Å². The largest absolute Gasteiger partial charge is 0.348 e. The van der Waals surface area contributed by atoms with Crippen molar-refractivity contribution in [1.82, 2.24) is 5.32 Å². The van der Waals surface area contributed by atoms with E-state index < -0.39 is 17.0 Å². The van der Waals surface area contributed by atoms with E-state index in [4.69, 9.17) is 0 Å². The smallest absolute Gasteiger partial charge is 0.251 e. The average Bonchev–Trinajstić information content (AvgIpc) is 2.91. The molecule has 0 unspecified atom stereocenters. The fourth-order valence-electron chi connectivity index (χ4n) is 4.14. The third kappa shape index (κ3) is 4.13. The first kappa shape index (κ1) is 21.7. The minimum Gasteiger partial charge on any atom is -0.348 e. The van der Waals surface area contributed by atoms with Crippen LogP contribution in [0.15, 0.2) is 60.7 Å². The highest BCUT2D eigenvalue weighted by Crippen LogP contribution is 2.42. The van der Waals surface area contributed by atoms with Crippen LogP contribution >= 0.6 is 0 Å². The molecule has 0 fully saturated rings. The molecule has 0 saturated heterocycles. The molecule has 1 N–H and O–H groups in total. The van der Waals surface area contributed by atoms with Gasteiger partial charge < -0.3 is 10.2 Å². The highest BCUT2D eigenvalue weighted by Gasteiger charge is 2.44. The molecular weight excluding hydrogens is 410 g/mol. The molecule has 164 valence electrons. The molecule has 0 bridgehead atoms. The number of halogens is 2. The van der Waals surface area contributed by atoms with E-state index in [0.717, 1.165) is 22.8 Å². The summed E-state index contributed by atoms with van der Waals surface area (Å²) in [6, 6.07) is 16.2. The molecule has 3 aromatic carbocycles. The topological polar surface area (TPSA) is 49.4 Å². The number of carbonyl (C=O) groups is 2. The van der Waals surface area contributed by atoms with Crippen molar-refractivity contribution >= 4 is 17.5 Å². The number of carbonyl (C=O) groups excluding carboxylic acids is 2. The molecule has 2 amide bonds. The monoisotopic (exact) mass is 434 g/mol. The number of fused-ring (bicyclic) bond motifs is 1. The SMILES string of the molecule is Cc1cccc(CNC(=O)c2ccc3c(c2)N(Cc2cc(F)cc(F)c2)C(=O)C3(C)C)c1. The highest BCUT2D eigenvalue weighted by molar-refractivity contribution is 6.08. The number of nitrogens with one attached hydrogen (secondary N) is 1. The molecule has 4 rings (SSSR count). The number of rotatable bonds is 5. The number of amides is 2. The first-order valence-electron chi connectivity index (χ1n) is 10.4. The standard InChI is InChI=1S/C26H24F2N2O2/c1-16-5-4-6-17(9-16)14-29-24(31)19-7-8-22-23(12-19)30(25(32)26(22,2)3)15-18-10-20(27)13-21(28)11-18/h4-13H,14-15H2,1-3H3,(H,29,31). The second kappa shape index (κ2) is 8.19. The van der Waals surface area contributed by atoms with Gasteiger partial charge in [0, 0.05) is 23.9 Å². The van der Waals surface area contributed by atoms with Crippen molar-refractivity contribution in [3.63, 3.8) is 0 Å². The maximum absolute atomic E-state index is 13.7. The molecule has 0 aromatic heterocycles. The Morgan fingerprint density at radius 3 is 2.38 bits per heavy atom. The Bertz CT molecular complexity index is 1200.